The third-order valence-corrected chi connectivity index (χ3v) is 3.22. The highest BCUT2D eigenvalue weighted by atomic mass is 16.5. The van der Waals surface area contributed by atoms with Crippen LogP contribution in [0.25, 0.3) is 0 Å². The summed E-state index contributed by atoms with van der Waals surface area (Å²) in [7, 11) is 1.47. The van der Waals surface area contributed by atoms with E-state index in [0.717, 1.165) is 5.69 Å². The fourth-order valence-electron chi connectivity index (χ4n) is 2.17. The first-order valence-electron chi connectivity index (χ1n) is 6.87. The number of ether oxygens (including phenoxy) is 1. The zero-order valence-electron chi connectivity index (χ0n) is 12.8. The molecule has 0 saturated carbocycles. The standard InChI is InChI=1S/C15H18N4O3/c1-4-19-13(5-9(2)18-19)15(21)17-11-6-10(14(16)20)7-12(8-11)22-3/h5,7-8H,4,6H2,1-3H3,(H2,16,20). The van der Waals surface area contributed by atoms with Crippen LogP contribution < -0.4 is 5.73 Å². The number of carbonyl (C=O) groups is 2. The molecule has 0 radical (unpaired) electrons. The monoisotopic (exact) mass is 302 g/mol. The fraction of sp³-hybridized carbons (Fsp3) is 0.333. The van der Waals surface area contributed by atoms with Gasteiger partial charge in [-0.2, -0.15) is 5.10 Å². The molecule has 116 valence electrons. The number of rotatable bonds is 4. The van der Waals surface area contributed by atoms with Crippen LogP contribution >= 0.6 is 0 Å². The molecule has 2 N–H and O–H groups in total. The molecular formula is C15H18N4O3. The lowest BCUT2D eigenvalue weighted by Gasteiger charge is -2.12. The van der Waals surface area contributed by atoms with Crippen LogP contribution in [0.2, 0.25) is 0 Å². The van der Waals surface area contributed by atoms with Crippen molar-refractivity contribution in [3.05, 3.63) is 40.9 Å². The predicted molar refractivity (Wildman–Crippen MR) is 81.4 cm³/mol. The molecule has 0 spiro atoms. The Bertz CT molecular complexity index is 710. The smallest absolute Gasteiger partial charge is 0.295 e. The second kappa shape index (κ2) is 6.38. The van der Waals surface area contributed by atoms with Crippen LogP contribution in [-0.4, -0.2) is 34.4 Å². The van der Waals surface area contributed by atoms with E-state index < -0.39 is 11.8 Å². The normalized spacial score (nSPS) is 16.2. The quantitative estimate of drug-likeness (QED) is 0.901. The van der Waals surface area contributed by atoms with Gasteiger partial charge in [0.15, 0.2) is 0 Å². The van der Waals surface area contributed by atoms with E-state index in [2.05, 4.69) is 10.1 Å². The number of hydrogen-bond acceptors (Lipinski definition) is 4. The predicted octanol–water partition coefficient (Wildman–Crippen LogP) is 1.14. The third kappa shape index (κ3) is 3.30. The molecule has 0 saturated heterocycles. The Morgan fingerprint density at radius 3 is 2.77 bits per heavy atom. The molecule has 7 heteroatoms. The van der Waals surface area contributed by atoms with Crippen LogP contribution in [0.4, 0.5) is 0 Å². The van der Waals surface area contributed by atoms with Crippen molar-refractivity contribution >= 4 is 17.5 Å². The third-order valence-electron chi connectivity index (χ3n) is 3.22. The lowest BCUT2D eigenvalue weighted by atomic mass is 10.0. The van der Waals surface area contributed by atoms with Crippen molar-refractivity contribution in [2.75, 3.05) is 7.11 Å². The molecule has 1 aromatic rings. The molecule has 0 unspecified atom stereocenters. The van der Waals surface area contributed by atoms with Gasteiger partial charge in [0.05, 0.1) is 18.5 Å². The van der Waals surface area contributed by atoms with E-state index in [1.54, 1.807) is 22.9 Å². The van der Waals surface area contributed by atoms with E-state index in [0.29, 0.717) is 29.3 Å². The van der Waals surface area contributed by atoms with Crippen LogP contribution in [0.3, 0.4) is 0 Å². The highest BCUT2D eigenvalue weighted by Crippen LogP contribution is 2.17. The largest absolute Gasteiger partial charge is 0.497 e. The number of methoxy groups -OCH3 is 1. The van der Waals surface area contributed by atoms with Crippen molar-refractivity contribution in [1.29, 1.82) is 0 Å². The van der Waals surface area contributed by atoms with Gasteiger partial charge in [-0.1, -0.05) is 0 Å². The number of hydrogen-bond donors (Lipinski definition) is 1. The van der Waals surface area contributed by atoms with E-state index in [9.17, 15) is 9.59 Å². The molecule has 0 fully saturated rings. The molecule has 1 aliphatic rings. The van der Waals surface area contributed by atoms with Gasteiger partial charge in [0.2, 0.25) is 5.91 Å². The number of allylic oxidation sites excluding steroid dienone is 2. The van der Waals surface area contributed by atoms with Gasteiger partial charge in [0, 0.05) is 24.6 Å². The van der Waals surface area contributed by atoms with Gasteiger partial charge in [0.1, 0.15) is 11.5 Å². The minimum Gasteiger partial charge on any atom is -0.497 e. The van der Waals surface area contributed by atoms with E-state index in [1.807, 2.05) is 13.8 Å². The van der Waals surface area contributed by atoms with Crippen molar-refractivity contribution < 1.29 is 14.3 Å². The topological polar surface area (TPSA) is 99.6 Å². The molecule has 1 aliphatic carbocycles. The van der Waals surface area contributed by atoms with E-state index >= 15 is 0 Å². The zero-order valence-corrected chi connectivity index (χ0v) is 12.8. The van der Waals surface area contributed by atoms with Gasteiger partial charge >= 0.3 is 0 Å². The average Bonchev–Trinajstić information content (AvgIpc) is 2.88. The van der Waals surface area contributed by atoms with Gasteiger partial charge in [-0.3, -0.25) is 14.3 Å². The van der Waals surface area contributed by atoms with E-state index in [1.165, 1.54) is 7.11 Å². The molecular weight excluding hydrogens is 284 g/mol. The Morgan fingerprint density at radius 1 is 1.45 bits per heavy atom. The number of aromatic nitrogens is 2. The number of nitrogens with two attached hydrogens (primary N) is 1. The van der Waals surface area contributed by atoms with E-state index in [4.69, 9.17) is 10.5 Å². The summed E-state index contributed by atoms with van der Waals surface area (Å²) >= 11 is 0. The zero-order chi connectivity index (χ0) is 16.3. The first-order chi connectivity index (χ1) is 10.4. The number of nitrogens with zero attached hydrogens (tertiary/aromatic N) is 3. The van der Waals surface area contributed by atoms with Gasteiger partial charge in [-0.05, 0) is 26.0 Å². The Balaban J connectivity index is 2.32. The highest BCUT2D eigenvalue weighted by molar-refractivity contribution is 6.12. The van der Waals surface area contributed by atoms with Crippen LogP contribution in [0.15, 0.2) is 34.5 Å². The van der Waals surface area contributed by atoms with Gasteiger partial charge in [0.25, 0.3) is 5.91 Å². The molecule has 7 nitrogen and oxygen atoms in total. The molecule has 1 aromatic heterocycles. The summed E-state index contributed by atoms with van der Waals surface area (Å²) in [6, 6.07) is 1.69. The fourth-order valence-corrected chi connectivity index (χ4v) is 2.17. The molecule has 0 atom stereocenters. The van der Waals surface area contributed by atoms with Crippen LogP contribution in [0, 0.1) is 6.92 Å². The van der Waals surface area contributed by atoms with Gasteiger partial charge in [-0.15, -0.1) is 0 Å². The molecule has 2 rings (SSSR count). The van der Waals surface area contributed by atoms with Gasteiger partial charge in [-0.25, -0.2) is 4.99 Å². The van der Waals surface area contributed by atoms with Crippen molar-refractivity contribution in [2.24, 2.45) is 10.7 Å². The molecule has 0 aliphatic heterocycles. The Hall–Kier alpha value is -2.70. The molecule has 2 amide bonds. The summed E-state index contributed by atoms with van der Waals surface area (Å²) < 4.78 is 6.70. The van der Waals surface area contributed by atoms with Crippen molar-refractivity contribution in [2.45, 2.75) is 26.8 Å². The lowest BCUT2D eigenvalue weighted by Crippen LogP contribution is -2.20. The van der Waals surface area contributed by atoms with Crippen LogP contribution in [-0.2, 0) is 16.1 Å². The Kier molecular flexibility index (Phi) is 4.55. The average molecular weight is 302 g/mol. The van der Waals surface area contributed by atoms with E-state index in [-0.39, 0.29) is 6.42 Å². The van der Waals surface area contributed by atoms with Crippen molar-refractivity contribution in [3.63, 3.8) is 0 Å². The van der Waals surface area contributed by atoms with Crippen LogP contribution in [0.5, 0.6) is 0 Å². The summed E-state index contributed by atoms with van der Waals surface area (Å²) in [6.07, 6.45) is 3.36. The van der Waals surface area contributed by atoms with Crippen molar-refractivity contribution in [1.82, 2.24) is 9.78 Å². The Morgan fingerprint density at radius 2 is 2.18 bits per heavy atom. The summed E-state index contributed by atoms with van der Waals surface area (Å²) in [5.74, 6) is -0.529. The maximum atomic E-state index is 12.3. The number of carbonyl (C=O) groups excluding carboxylic acids is 2. The maximum Gasteiger partial charge on any atom is 0.295 e. The summed E-state index contributed by atoms with van der Waals surface area (Å²) in [6.45, 7) is 4.28. The molecule has 0 aromatic carbocycles. The molecule has 22 heavy (non-hydrogen) atoms. The Labute approximate surface area is 128 Å². The second-order valence-corrected chi connectivity index (χ2v) is 4.86. The summed E-state index contributed by atoms with van der Waals surface area (Å²) in [4.78, 5) is 27.7. The highest BCUT2D eigenvalue weighted by Gasteiger charge is 2.18. The number of primary amides is 1. The molecule has 0 bridgehead atoms. The minimum absolute atomic E-state index is 0.202. The molecule has 1 heterocycles. The summed E-state index contributed by atoms with van der Waals surface area (Å²) in [5, 5.41) is 4.22. The first-order valence-corrected chi connectivity index (χ1v) is 6.87. The number of amides is 2. The SMILES string of the molecule is CCn1nc(C)cc1C(=O)N=C1C=C(OC)C=C(C(N)=O)C1. The summed E-state index contributed by atoms with van der Waals surface area (Å²) in [5.41, 5.74) is 7.24. The van der Waals surface area contributed by atoms with Crippen LogP contribution in [0.1, 0.15) is 29.5 Å². The van der Waals surface area contributed by atoms with Crippen molar-refractivity contribution in [3.8, 4) is 0 Å². The number of aliphatic imine (C=N–C) groups is 1. The lowest BCUT2D eigenvalue weighted by molar-refractivity contribution is -0.114. The first kappa shape index (κ1) is 15.7. The second-order valence-electron chi connectivity index (χ2n) is 4.86. The maximum absolute atomic E-state index is 12.3. The van der Waals surface area contributed by atoms with Gasteiger partial charge < -0.3 is 10.5 Å². The minimum atomic E-state index is -0.558. The number of aryl methyl sites for hydroxylation is 2.